The molecule has 0 aromatic heterocycles. The minimum absolute atomic E-state index is 0. The maximum atomic E-state index is 11.1. The quantitative estimate of drug-likeness (QED) is 0.532. The first-order chi connectivity index (χ1) is 5.24. The molecule has 0 aromatic carbocycles. The van der Waals surface area contributed by atoms with Crippen LogP contribution in [0.4, 0.5) is 4.79 Å². The predicted molar refractivity (Wildman–Crippen MR) is 45.6 cm³/mol. The molecule has 0 spiro atoms. The fraction of sp³-hybridized carbons (Fsp3) is 0.857. The topological polar surface area (TPSA) is 35.6 Å². The first kappa shape index (κ1) is 8.33. The number of hydrogen-bond donors (Lipinski definition) is 1. The van der Waals surface area contributed by atoms with Crippen LogP contribution in [0.3, 0.4) is 0 Å². The van der Waals surface area contributed by atoms with E-state index in [0.29, 0.717) is 0 Å². The average molecular weight is 159 g/mol. The lowest BCUT2D eigenvalue weighted by atomic mass is 10.3. The SMILES string of the molecule is CNC(=O)N1CCN(C)CC1.[HH]. The lowest BCUT2D eigenvalue weighted by Gasteiger charge is -2.31. The molecule has 1 saturated heterocycles. The molecule has 66 valence electrons. The van der Waals surface area contributed by atoms with Crippen molar-refractivity contribution in [2.45, 2.75) is 0 Å². The highest BCUT2D eigenvalue weighted by atomic mass is 16.2. The van der Waals surface area contributed by atoms with Gasteiger partial charge in [-0.3, -0.25) is 0 Å². The maximum Gasteiger partial charge on any atom is 0.317 e. The third kappa shape index (κ3) is 2.08. The van der Waals surface area contributed by atoms with Gasteiger partial charge in [-0.1, -0.05) is 0 Å². The second-order valence-corrected chi connectivity index (χ2v) is 2.85. The molecule has 1 heterocycles. The van der Waals surface area contributed by atoms with Gasteiger partial charge in [-0.15, -0.1) is 0 Å². The van der Waals surface area contributed by atoms with Crippen molar-refractivity contribution < 1.29 is 6.22 Å². The van der Waals surface area contributed by atoms with Gasteiger partial charge in [-0.25, -0.2) is 4.79 Å². The Morgan fingerprint density at radius 2 is 1.91 bits per heavy atom. The summed E-state index contributed by atoms with van der Waals surface area (Å²) in [6.45, 7) is 3.65. The van der Waals surface area contributed by atoms with E-state index in [9.17, 15) is 4.79 Å². The molecular weight excluding hydrogens is 142 g/mol. The van der Waals surface area contributed by atoms with Crippen LogP contribution in [0.5, 0.6) is 0 Å². The van der Waals surface area contributed by atoms with E-state index < -0.39 is 0 Å². The van der Waals surface area contributed by atoms with Crippen LogP contribution in [0.2, 0.25) is 0 Å². The molecule has 0 aliphatic carbocycles. The van der Waals surface area contributed by atoms with Gasteiger partial charge in [0.15, 0.2) is 0 Å². The largest absolute Gasteiger partial charge is 0.341 e. The van der Waals surface area contributed by atoms with E-state index in [1.807, 2.05) is 4.90 Å². The summed E-state index contributed by atoms with van der Waals surface area (Å²) in [5, 5.41) is 2.62. The van der Waals surface area contributed by atoms with Gasteiger partial charge < -0.3 is 15.1 Å². The van der Waals surface area contributed by atoms with E-state index in [4.69, 9.17) is 0 Å². The van der Waals surface area contributed by atoms with Crippen molar-refractivity contribution in [3.05, 3.63) is 0 Å². The Labute approximate surface area is 68.6 Å². The van der Waals surface area contributed by atoms with Crippen molar-refractivity contribution in [3.63, 3.8) is 0 Å². The lowest BCUT2D eigenvalue weighted by molar-refractivity contribution is 0.156. The molecule has 0 aromatic rings. The Hall–Kier alpha value is -0.770. The summed E-state index contributed by atoms with van der Waals surface area (Å²) < 4.78 is 0. The number of nitrogens with one attached hydrogen (secondary N) is 1. The summed E-state index contributed by atoms with van der Waals surface area (Å²) in [6, 6.07) is 0.0399. The fourth-order valence-corrected chi connectivity index (χ4v) is 1.17. The van der Waals surface area contributed by atoms with Crippen LogP contribution >= 0.6 is 0 Å². The molecule has 1 fully saturated rings. The summed E-state index contributed by atoms with van der Waals surface area (Å²) >= 11 is 0. The van der Waals surface area contributed by atoms with E-state index >= 15 is 0 Å². The Bertz CT molecular complexity index is 146. The van der Waals surface area contributed by atoms with Crippen LogP contribution in [-0.4, -0.2) is 56.1 Å². The van der Waals surface area contributed by atoms with Gasteiger partial charge in [-0.2, -0.15) is 0 Å². The predicted octanol–water partition coefficient (Wildman–Crippen LogP) is -0.181. The molecule has 0 unspecified atom stereocenters. The first-order valence-electron chi connectivity index (χ1n) is 3.89. The van der Waals surface area contributed by atoms with Crippen molar-refractivity contribution in [1.82, 2.24) is 15.1 Å². The number of rotatable bonds is 0. The summed E-state index contributed by atoms with van der Waals surface area (Å²) in [7, 11) is 3.74. The number of carbonyl (C=O) groups is 1. The van der Waals surface area contributed by atoms with Gasteiger partial charge >= 0.3 is 6.03 Å². The molecule has 1 aliphatic heterocycles. The zero-order valence-electron chi connectivity index (χ0n) is 7.13. The van der Waals surface area contributed by atoms with Crippen molar-refractivity contribution in [3.8, 4) is 0 Å². The Morgan fingerprint density at radius 3 is 2.36 bits per heavy atom. The number of piperazine rings is 1. The highest BCUT2D eigenvalue weighted by Crippen LogP contribution is 1.98. The Balaban J connectivity index is 0.00000121. The van der Waals surface area contributed by atoms with Crippen LogP contribution in [0.15, 0.2) is 0 Å². The van der Waals surface area contributed by atoms with E-state index in [-0.39, 0.29) is 7.46 Å². The second-order valence-electron chi connectivity index (χ2n) is 2.85. The molecule has 11 heavy (non-hydrogen) atoms. The minimum atomic E-state index is 0. The number of amides is 2. The van der Waals surface area contributed by atoms with Crippen LogP contribution in [0, 0.1) is 0 Å². The number of carbonyl (C=O) groups excluding carboxylic acids is 1. The lowest BCUT2D eigenvalue weighted by Crippen LogP contribution is -2.49. The third-order valence-corrected chi connectivity index (χ3v) is 2.00. The standard InChI is InChI=1S/C7H15N3O.H2/c1-8-7(11)10-5-3-9(2)4-6-10;/h3-6H2,1-2H3,(H,8,11);1H. The van der Waals surface area contributed by atoms with Crippen LogP contribution in [0.1, 0.15) is 1.43 Å². The summed E-state index contributed by atoms with van der Waals surface area (Å²) in [4.78, 5) is 15.1. The Morgan fingerprint density at radius 1 is 1.36 bits per heavy atom. The second kappa shape index (κ2) is 3.57. The molecule has 0 saturated carbocycles. The number of nitrogens with zero attached hydrogens (tertiary/aromatic N) is 2. The van der Waals surface area contributed by atoms with Crippen LogP contribution < -0.4 is 5.32 Å². The van der Waals surface area contributed by atoms with Crippen molar-refractivity contribution in [2.75, 3.05) is 40.3 Å². The normalized spacial score (nSPS) is 20.0. The number of urea groups is 1. The molecule has 4 heteroatoms. The molecular formula is C7H17N3O. The summed E-state index contributed by atoms with van der Waals surface area (Å²) in [6.07, 6.45) is 0. The van der Waals surface area contributed by atoms with Gasteiger partial charge in [-0.05, 0) is 7.05 Å². The molecule has 1 aliphatic rings. The smallest absolute Gasteiger partial charge is 0.317 e. The van der Waals surface area contributed by atoms with Crippen LogP contribution in [-0.2, 0) is 0 Å². The average Bonchev–Trinajstić information content (AvgIpc) is 2.05. The molecule has 4 nitrogen and oxygen atoms in total. The van der Waals surface area contributed by atoms with E-state index in [1.54, 1.807) is 7.05 Å². The molecule has 1 N–H and O–H groups in total. The third-order valence-electron chi connectivity index (χ3n) is 2.00. The minimum Gasteiger partial charge on any atom is -0.341 e. The molecule has 2 amide bonds. The number of likely N-dealkylation sites (N-methyl/N-ethyl adjacent to an activating group) is 1. The van der Waals surface area contributed by atoms with Gasteiger partial charge in [0, 0.05) is 34.7 Å². The highest BCUT2D eigenvalue weighted by Gasteiger charge is 2.16. The maximum absolute atomic E-state index is 11.1. The zero-order valence-corrected chi connectivity index (χ0v) is 7.13. The van der Waals surface area contributed by atoms with Crippen molar-refractivity contribution in [1.29, 1.82) is 0 Å². The van der Waals surface area contributed by atoms with Gasteiger partial charge in [0.2, 0.25) is 0 Å². The van der Waals surface area contributed by atoms with Crippen LogP contribution in [0.25, 0.3) is 0 Å². The molecule has 0 radical (unpaired) electrons. The van der Waals surface area contributed by atoms with Gasteiger partial charge in [0.25, 0.3) is 0 Å². The highest BCUT2D eigenvalue weighted by molar-refractivity contribution is 5.73. The van der Waals surface area contributed by atoms with E-state index in [0.717, 1.165) is 26.2 Å². The van der Waals surface area contributed by atoms with E-state index in [2.05, 4.69) is 17.3 Å². The Kier molecular flexibility index (Phi) is 2.70. The summed E-state index contributed by atoms with van der Waals surface area (Å²) in [5.74, 6) is 0. The van der Waals surface area contributed by atoms with Gasteiger partial charge in [0.1, 0.15) is 0 Å². The van der Waals surface area contributed by atoms with E-state index in [1.165, 1.54) is 0 Å². The molecule has 1 rings (SSSR count). The van der Waals surface area contributed by atoms with Gasteiger partial charge in [0.05, 0.1) is 0 Å². The molecule has 0 atom stereocenters. The summed E-state index contributed by atoms with van der Waals surface area (Å²) in [5.41, 5.74) is 0. The fourth-order valence-electron chi connectivity index (χ4n) is 1.17. The first-order valence-corrected chi connectivity index (χ1v) is 3.89. The monoisotopic (exact) mass is 159 g/mol. The molecule has 0 bridgehead atoms. The zero-order chi connectivity index (χ0) is 8.27. The van der Waals surface area contributed by atoms with Crippen molar-refractivity contribution in [2.24, 2.45) is 0 Å². The van der Waals surface area contributed by atoms with Crippen molar-refractivity contribution >= 4 is 6.03 Å². The number of hydrogen-bond acceptors (Lipinski definition) is 2.